The van der Waals surface area contributed by atoms with Crippen LogP contribution in [0.4, 0.5) is 0 Å². The Bertz CT molecular complexity index is 765. The van der Waals surface area contributed by atoms with Crippen LogP contribution >= 0.6 is 0 Å². The van der Waals surface area contributed by atoms with E-state index in [0.717, 1.165) is 22.5 Å². The van der Waals surface area contributed by atoms with Crippen LogP contribution in [-0.4, -0.2) is 15.0 Å². The van der Waals surface area contributed by atoms with Crippen LogP contribution in [0.3, 0.4) is 0 Å². The third-order valence-electron chi connectivity index (χ3n) is 2.74. The molecule has 3 aromatic rings. The van der Waals surface area contributed by atoms with Crippen LogP contribution in [0.5, 0.6) is 0 Å². The Balaban J connectivity index is 2.16. The van der Waals surface area contributed by atoms with Gasteiger partial charge in [0.15, 0.2) is 5.65 Å². The molecular formula is C14H10N4. The first-order valence-corrected chi connectivity index (χ1v) is 5.59. The van der Waals surface area contributed by atoms with Crippen LogP contribution in [0.1, 0.15) is 11.1 Å². The Morgan fingerprint density at radius 2 is 2.17 bits per heavy atom. The minimum Gasteiger partial charge on any atom is -0.337 e. The van der Waals surface area contributed by atoms with Crippen LogP contribution in [0.15, 0.2) is 36.5 Å². The molecule has 86 valence electrons. The number of hydrogen-bond acceptors (Lipinski definition) is 3. The highest BCUT2D eigenvalue weighted by atomic mass is 15.0. The number of fused-ring (bicyclic) bond motifs is 1. The van der Waals surface area contributed by atoms with Crippen molar-refractivity contribution in [1.82, 2.24) is 15.0 Å². The zero-order chi connectivity index (χ0) is 12.5. The molecular weight excluding hydrogens is 224 g/mol. The van der Waals surface area contributed by atoms with Gasteiger partial charge in [0, 0.05) is 11.8 Å². The average Bonchev–Trinajstić information content (AvgIpc) is 2.81. The number of nitrogens with one attached hydrogen (secondary N) is 1. The van der Waals surface area contributed by atoms with Crippen molar-refractivity contribution in [1.29, 1.82) is 5.26 Å². The van der Waals surface area contributed by atoms with E-state index in [4.69, 9.17) is 5.26 Å². The van der Waals surface area contributed by atoms with Gasteiger partial charge < -0.3 is 4.98 Å². The van der Waals surface area contributed by atoms with E-state index >= 15 is 0 Å². The SMILES string of the molecule is Cc1cnc2nc(-c3cccc(C#N)c3)[nH]c2c1. The Morgan fingerprint density at radius 3 is 3.00 bits per heavy atom. The Kier molecular flexibility index (Phi) is 2.31. The number of nitriles is 1. The van der Waals surface area contributed by atoms with Gasteiger partial charge in [0.2, 0.25) is 0 Å². The lowest BCUT2D eigenvalue weighted by atomic mass is 10.1. The van der Waals surface area contributed by atoms with Crippen molar-refractivity contribution in [3.05, 3.63) is 47.7 Å². The average molecular weight is 234 g/mol. The van der Waals surface area contributed by atoms with Gasteiger partial charge in [-0.05, 0) is 30.7 Å². The molecule has 0 aliphatic rings. The number of nitrogens with zero attached hydrogens (tertiary/aromatic N) is 3. The van der Waals surface area contributed by atoms with E-state index in [1.165, 1.54) is 0 Å². The summed E-state index contributed by atoms with van der Waals surface area (Å²) < 4.78 is 0. The molecule has 1 N–H and O–H groups in total. The molecule has 0 saturated heterocycles. The fourth-order valence-electron chi connectivity index (χ4n) is 1.88. The van der Waals surface area contributed by atoms with Gasteiger partial charge >= 0.3 is 0 Å². The van der Waals surface area contributed by atoms with Crippen LogP contribution < -0.4 is 0 Å². The zero-order valence-electron chi connectivity index (χ0n) is 9.81. The number of imidazole rings is 1. The maximum absolute atomic E-state index is 8.89. The summed E-state index contributed by atoms with van der Waals surface area (Å²) in [6, 6.07) is 11.5. The Morgan fingerprint density at radius 1 is 1.28 bits per heavy atom. The number of aromatic nitrogens is 3. The first kappa shape index (κ1) is 10.5. The third kappa shape index (κ3) is 1.72. The second-order valence-electron chi connectivity index (χ2n) is 4.16. The molecule has 0 radical (unpaired) electrons. The van der Waals surface area contributed by atoms with Gasteiger partial charge in [-0.2, -0.15) is 5.26 Å². The number of H-pyrrole nitrogens is 1. The number of rotatable bonds is 1. The molecule has 4 heteroatoms. The van der Waals surface area contributed by atoms with Gasteiger partial charge in [0.25, 0.3) is 0 Å². The lowest BCUT2D eigenvalue weighted by molar-refractivity contribution is 1.28. The van der Waals surface area contributed by atoms with E-state index in [1.54, 1.807) is 12.3 Å². The summed E-state index contributed by atoms with van der Waals surface area (Å²) in [7, 11) is 0. The summed E-state index contributed by atoms with van der Waals surface area (Å²) >= 11 is 0. The molecule has 18 heavy (non-hydrogen) atoms. The van der Waals surface area contributed by atoms with Gasteiger partial charge in [-0.1, -0.05) is 12.1 Å². The molecule has 1 aromatic carbocycles. The maximum atomic E-state index is 8.89. The number of aromatic amines is 1. The zero-order valence-corrected chi connectivity index (χ0v) is 9.81. The fraction of sp³-hybridized carbons (Fsp3) is 0.0714. The topological polar surface area (TPSA) is 65.4 Å². The minimum atomic E-state index is 0.622. The van der Waals surface area contributed by atoms with E-state index in [0.29, 0.717) is 11.2 Å². The summed E-state index contributed by atoms with van der Waals surface area (Å²) in [4.78, 5) is 11.9. The van der Waals surface area contributed by atoms with Crippen molar-refractivity contribution in [3.8, 4) is 17.5 Å². The number of benzene rings is 1. The molecule has 0 unspecified atom stereocenters. The van der Waals surface area contributed by atoms with E-state index in [-0.39, 0.29) is 0 Å². The highest BCUT2D eigenvalue weighted by molar-refractivity contribution is 5.76. The quantitative estimate of drug-likeness (QED) is 0.704. The lowest BCUT2D eigenvalue weighted by Gasteiger charge is -1.95. The highest BCUT2D eigenvalue weighted by Crippen LogP contribution is 2.20. The fourth-order valence-corrected chi connectivity index (χ4v) is 1.88. The maximum Gasteiger partial charge on any atom is 0.178 e. The molecule has 2 aromatic heterocycles. The van der Waals surface area contributed by atoms with Gasteiger partial charge in [-0.25, -0.2) is 9.97 Å². The standard InChI is InChI=1S/C14H10N4/c1-9-5-12-14(16-8-9)18-13(17-12)11-4-2-3-10(6-11)7-15/h2-6,8H,1H3,(H,16,17,18). The number of pyridine rings is 1. The van der Waals surface area contributed by atoms with Crippen molar-refractivity contribution >= 4 is 11.2 Å². The molecule has 0 saturated carbocycles. The lowest BCUT2D eigenvalue weighted by Crippen LogP contribution is -1.81. The predicted octanol–water partition coefficient (Wildman–Crippen LogP) is 2.81. The van der Waals surface area contributed by atoms with Crippen molar-refractivity contribution in [3.63, 3.8) is 0 Å². The van der Waals surface area contributed by atoms with E-state index in [1.807, 2.05) is 31.2 Å². The van der Waals surface area contributed by atoms with Gasteiger partial charge in [0.1, 0.15) is 5.82 Å². The van der Waals surface area contributed by atoms with Gasteiger partial charge in [0.05, 0.1) is 17.1 Å². The normalized spacial score (nSPS) is 10.4. The second-order valence-corrected chi connectivity index (χ2v) is 4.16. The molecule has 2 heterocycles. The smallest absolute Gasteiger partial charge is 0.178 e. The highest BCUT2D eigenvalue weighted by Gasteiger charge is 2.06. The number of hydrogen-bond donors (Lipinski definition) is 1. The molecule has 0 spiro atoms. The van der Waals surface area contributed by atoms with E-state index in [9.17, 15) is 0 Å². The molecule has 0 atom stereocenters. The minimum absolute atomic E-state index is 0.622. The molecule has 4 nitrogen and oxygen atoms in total. The molecule has 0 amide bonds. The second kappa shape index (κ2) is 3.97. The van der Waals surface area contributed by atoms with Crippen LogP contribution in [0.25, 0.3) is 22.6 Å². The first-order chi connectivity index (χ1) is 8.76. The summed E-state index contributed by atoms with van der Waals surface area (Å²) in [5.41, 5.74) is 4.20. The molecule has 0 fully saturated rings. The van der Waals surface area contributed by atoms with Gasteiger partial charge in [-0.3, -0.25) is 0 Å². The van der Waals surface area contributed by atoms with Crippen molar-refractivity contribution in [2.75, 3.05) is 0 Å². The summed E-state index contributed by atoms with van der Waals surface area (Å²) in [6.07, 6.45) is 1.79. The number of aryl methyl sites for hydroxylation is 1. The van der Waals surface area contributed by atoms with Crippen molar-refractivity contribution in [2.45, 2.75) is 6.92 Å². The van der Waals surface area contributed by atoms with E-state index in [2.05, 4.69) is 21.0 Å². The van der Waals surface area contributed by atoms with Crippen LogP contribution in [0, 0.1) is 18.3 Å². The van der Waals surface area contributed by atoms with Crippen molar-refractivity contribution < 1.29 is 0 Å². The summed E-state index contributed by atoms with van der Waals surface area (Å²) in [6.45, 7) is 1.99. The Hall–Kier alpha value is -2.67. The largest absolute Gasteiger partial charge is 0.337 e. The summed E-state index contributed by atoms with van der Waals surface area (Å²) in [5.74, 6) is 0.736. The third-order valence-corrected chi connectivity index (χ3v) is 2.74. The molecule has 3 rings (SSSR count). The first-order valence-electron chi connectivity index (χ1n) is 5.59. The Labute approximate surface area is 104 Å². The van der Waals surface area contributed by atoms with E-state index < -0.39 is 0 Å². The van der Waals surface area contributed by atoms with Crippen molar-refractivity contribution in [2.24, 2.45) is 0 Å². The van der Waals surface area contributed by atoms with Crippen LogP contribution in [0.2, 0.25) is 0 Å². The molecule has 0 aliphatic heterocycles. The van der Waals surface area contributed by atoms with Crippen LogP contribution in [-0.2, 0) is 0 Å². The summed E-state index contributed by atoms with van der Waals surface area (Å²) in [5, 5.41) is 8.89. The molecule has 0 bridgehead atoms. The monoisotopic (exact) mass is 234 g/mol. The van der Waals surface area contributed by atoms with Gasteiger partial charge in [-0.15, -0.1) is 0 Å². The molecule has 0 aliphatic carbocycles. The predicted molar refractivity (Wildman–Crippen MR) is 68.8 cm³/mol.